The van der Waals surface area contributed by atoms with Crippen molar-refractivity contribution in [3.8, 4) is 5.75 Å². The van der Waals surface area contributed by atoms with Crippen molar-refractivity contribution >= 4 is 58.6 Å². The van der Waals surface area contributed by atoms with E-state index in [1.807, 2.05) is 0 Å². The lowest BCUT2D eigenvalue weighted by Crippen LogP contribution is -2.30. The Morgan fingerprint density at radius 2 is 1.48 bits per heavy atom. The van der Waals surface area contributed by atoms with E-state index < -0.39 is 11.8 Å². The Morgan fingerprint density at radius 1 is 0.775 bits per heavy atom. The first kappa shape index (κ1) is 28.4. The minimum absolute atomic E-state index is 0.0421. The molecule has 2 amide bonds. The molecule has 200 valence electrons. The molecule has 0 aliphatic rings. The molecule has 8 heteroatoms. The first-order valence-electron chi connectivity index (χ1n) is 12.1. The standard InChI is InChI=1S/C32H24Cl2N2O4/c1-40-26-17-10-21(11-18-26)20-28(36-31(38)24-6-3-2-4-7-24)32(39)35-25-15-12-22(13-16-25)29(37)19-14-23-8-5-9-27(33)30(23)34/h2-20H,1H3,(H,35,39)(H,36,38)/b19-14+,28-20-. The molecule has 0 radical (unpaired) electrons. The van der Waals surface area contributed by atoms with Gasteiger partial charge in [0.05, 0.1) is 17.2 Å². The molecule has 0 aliphatic heterocycles. The van der Waals surface area contributed by atoms with Gasteiger partial charge in [-0.15, -0.1) is 0 Å². The van der Waals surface area contributed by atoms with Crippen molar-refractivity contribution < 1.29 is 19.1 Å². The Labute approximate surface area is 241 Å². The van der Waals surface area contributed by atoms with Gasteiger partial charge in [-0.05, 0) is 84.0 Å². The van der Waals surface area contributed by atoms with Gasteiger partial charge in [-0.3, -0.25) is 14.4 Å². The molecule has 6 nitrogen and oxygen atoms in total. The van der Waals surface area contributed by atoms with Crippen molar-refractivity contribution in [2.75, 3.05) is 12.4 Å². The molecule has 0 saturated heterocycles. The van der Waals surface area contributed by atoms with Gasteiger partial charge in [0.2, 0.25) is 0 Å². The van der Waals surface area contributed by atoms with Crippen molar-refractivity contribution in [3.63, 3.8) is 0 Å². The molecule has 0 unspecified atom stereocenters. The Bertz CT molecular complexity index is 1580. The molecule has 0 saturated carbocycles. The minimum atomic E-state index is -0.533. The summed E-state index contributed by atoms with van der Waals surface area (Å²) in [5.41, 5.74) is 2.62. The lowest BCUT2D eigenvalue weighted by Gasteiger charge is -2.12. The second-order valence-electron chi connectivity index (χ2n) is 8.52. The number of ketones is 1. The molecule has 0 heterocycles. The fourth-order valence-electron chi connectivity index (χ4n) is 3.64. The number of rotatable bonds is 9. The van der Waals surface area contributed by atoms with Crippen molar-refractivity contribution in [1.82, 2.24) is 5.32 Å². The number of anilines is 1. The van der Waals surface area contributed by atoms with Crippen molar-refractivity contribution in [2.24, 2.45) is 0 Å². The molecular weight excluding hydrogens is 547 g/mol. The zero-order chi connectivity index (χ0) is 28.5. The average Bonchev–Trinajstić information content (AvgIpc) is 2.98. The number of nitrogens with one attached hydrogen (secondary N) is 2. The maximum atomic E-state index is 13.2. The SMILES string of the molecule is COc1ccc(/C=C(\NC(=O)c2ccccc2)C(=O)Nc2ccc(C(=O)/C=C/c3cccc(Cl)c3Cl)cc2)cc1. The summed E-state index contributed by atoms with van der Waals surface area (Å²) >= 11 is 12.2. The highest BCUT2D eigenvalue weighted by molar-refractivity contribution is 6.43. The predicted molar refractivity (Wildman–Crippen MR) is 160 cm³/mol. The quantitative estimate of drug-likeness (QED) is 0.163. The molecule has 4 aromatic carbocycles. The Morgan fingerprint density at radius 3 is 2.15 bits per heavy atom. The highest BCUT2D eigenvalue weighted by Gasteiger charge is 2.15. The van der Waals surface area contributed by atoms with Crippen LogP contribution in [0.15, 0.2) is 109 Å². The third-order valence-electron chi connectivity index (χ3n) is 5.78. The highest BCUT2D eigenvalue weighted by atomic mass is 35.5. The topological polar surface area (TPSA) is 84.5 Å². The van der Waals surface area contributed by atoms with Gasteiger partial charge in [0, 0.05) is 16.8 Å². The summed E-state index contributed by atoms with van der Waals surface area (Å²) in [6.07, 6.45) is 4.57. The molecule has 0 fully saturated rings. The summed E-state index contributed by atoms with van der Waals surface area (Å²) < 4.78 is 5.19. The maximum Gasteiger partial charge on any atom is 0.272 e. The molecule has 0 aromatic heterocycles. The largest absolute Gasteiger partial charge is 0.497 e. The van der Waals surface area contributed by atoms with Crippen LogP contribution in [0, 0.1) is 0 Å². The van der Waals surface area contributed by atoms with Crippen LogP contribution in [0.3, 0.4) is 0 Å². The third kappa shape index (κ3) is 7.47. The van der Waals surface area contributed by atoms with E-state index in [1.165, 1.54) is 6.08 Å². The second-order valence-corrected chi connectivity index (χ2v) is 9.31. The zero-order valence-electron chi connectivity index (χ0n) is 21.4. The minimum Gasteiger partial charge on any atom is -0.497 e. The number of carbonyl (C=O) groups is 3. The van der Waals surface area contributed by atoms with Crippen LogP contribution in [0.1, 0.15) is 31.8 Å². The Balaban J connectivity index is 1.50. The van der Waals surface area contributed by atoms with Crippen LogP contribution in [-0.4, -0.2) is 24.7 Å². The van der Waals surface area contributed by atoms with Crippen LogP contribution < -0.4 is 15.4 Å². The van der Waals surface area contributed by atoms with Gasteiger partial charge in [-0.2, -0.15) is 0 Å². The number of allylic oxidation sites excluding steroid dienone is 1. The van der Waals surface area contributed by atoms with Crippen molar-refractivity contribution in [3.05, 3.63) is 141 Å². The molecular formula is C32H24Cl2N2O4. The summed E-state index contributed by atoms with van der Waals surface area (Å²) in [7, 11) is 1.56. The van der Waals surface area contributed by atoms with E-state index in [1.54, 1.807) is 116 Å². The normalized spacial score (nSPS) is 11.2. The number of amides is 2. The van der Waals surface area contributed by atoms with E-state index in [0.29, 0.717) is 43.7 Å². The van der Waals surface area contributed by atoms with E-state index in [4.69, 9.17) is 27.9 Å². The van der Waals surface area contributed by atoms with Crippen LogP contribution in [0.5, 0.6) is 5.75 Å². The lowest BCUT2D eigenvalue weighted by molar-refractivity contribution is -0.113. The van der Waals surface area contributed by atoms with E-state index in [-0.39, 0.29) is 11.5 Å². The molecule has 0 bridgehead atoms. The molecule has 0 spiro atoms. The van der Waals surface area contributed by atoms with E-state index in [9.17, 15) is 14.4 Å². The first-order chi connectivity index (χ1) is 19.3. The summed E-state index contributed by atoms with van der Waals surface area (Å²) in [5.74, 6) is -0.543. The molecule has 40 heavy (non-hydrogen) atoms. The second kappa shape index (κ2) is 13.4. The van der Waals surface area contributed by atoms with Crippen LogP contribution in [-0.2, 0) is 4.79 Å². The lowest BCUT2D eigenvalue weighted by atomic mass is 10.1. The average molecular weight is 571 g/mol. The zero-order valence-corrected chi connectivity index (χ0v) is 22.9. The van der Waals surface area contributed by atoms with Gasteiger partial charge < -0.3 is 15.4 Å². The van der Waals surface area contributed by atoms with Gasteiger partial charge >= 0.3 is 0 Å². The molecule has 4 aromatic rings. The fraction of sp³-hybridized carbons (Fsp3) is 0.0312. The van der Waals surface area contributed by atoms with Crippen molar-refractivity contribution in [1.29, 1.82) is 0 Å². The fourth-order valence-corrected chi connectivity index (χ4v) is 4.01. The van der Waals surface area contributed by atoms with Gasteiger partial charge in [-0.1, -0.05) is 65.7 Å². The molecule has 4 rings (SSSR count). The monoisotopic (exact) mass is 570 g/mol. The van der Waals surface area contributed by atoms with Crippen LogP contribution in [0.4, 0.5) is 5.69 Å². The highest BCUT2D eigenvalue weighted by Crippen LogP contribution is 2.26. The summed E-state index contributed by atoms with van der Waals surface area (Å²) in [6, 6.07) is 27.2. The predicted octanol–water partition coefficient (Wildman–Crippen LogP) is 7.31. The third-order valence-corrected chi connectivity index (χ3v) is 6.61. The Hall–Kier alpha value is -4.65. The maximum absolute atomic E-state index is 13.2. The molecule has 0 aliphatic carbocycles. The van der Waals surface area contributed by atoms with E-state index in [2.05, 4.69) is 10.6 Å². The van der Waals surface area contributed by atoms with Gasteiger partial charge in [0.15, 0.2) is 5.78 Å². The van der Waals surface area contributed by atoms with Crippen LogP contribution in [0.25, 0.3) is 12.2 Å². The number of hydrogen-bond acceptors (Lipinski definition) is 4. The van der Waals surface area contributed by atoms with Crippen LogP contribution in [0.2, 0.25) is 10.0 Å². The van der Waals surface area contributed by atoms with Gasteiger partial charge in [-0.25, -0.2) is 0 Å². The number of ether oxygens (including phenoxy) is 1. The first-order valence-corrected chi connectivity index (χ1v) is 12.9. The van der Waals surface area contributed by atoms with Crippen LogP contribution >= 0.6 is 23.2 Å². The number of halogens is 2. The summed E-state index contributed by atoms with van der Waals surface area (Å²) in [5, 5.41) is 6.23. The smallest absolute Gasteiger partial charge is 0.272 e. The van der Waals surface area contributed by atoms with E-state index in [0.717, 1.165) is 0 Å². The molecule has 0 atom stereocenters. The number of carbonyl (C=O) groups excluding carboxylic acids is 3. The molecule has 2 N–H and O–H groups in total. The van der Waals surface area contributed by atoms with Crippen molar-refractivity contribution in [2.45, 2.75) is 0 Å². The van der Waals surface area contributed by atoms with Gasteiger partial charge in [0.25, 0.3) is 11.8 Å². The number of hydrogen-bond donors (Lipinski definition) is 2. The number of methoxy groups -OCH3 is 1. The van der Waals surface area contributed by atoms with Gasteiger partial charge in [0.1, 0.15) is 11.4 Å². The summed E-state index contributed by atoms with van der Waals surface area (Å²) in [4.78, 5) is 38.7. The summed E-state index contributed by atoms with van der Waals surface area (Å²) in [6.45, 7) is 0. The van der Waals surface area contributed by atoms with E-state index >= 15 is 0 Å². The number of benzene rings is 4. The Kier molecular flexibility index (Phi) is 9.52.